The van der Waals surface area contributed by atoms with Crippen LogP contribution in [0.15, 0.2) is 52.6 Å². The van der Waals surface area contributed by atoms with Gasteiger partial charge in [-0.25, -0.2) is 0 Å². The Morgan fingerprint density at radius 2 is 2.00 bits per heavy atom. The van der Waals surface area contributed by atoms with Gasteiger partial charge >= 0.3 is 0 Å². The Labute approximate surface area is 164 Å². The molecule has 0 atom stereocenters. The first-order valence-corrected chi connectivity index (χ1v) is 8.99. The van der Waals surface area contributed by atoms with E-state index in [9.17, 15) is 4.79 Å². The van der Waals surface area contributed by atoms with Crippen LogP contribution in [0.5, 0.6) is 5.75 Å². The second-order valence-electron chi connectivity index (χ2n) is 5.46. The quantitative estimate of drug-likeness (QED) is 0.570. The van der Waals surface area contributed by atoms with Gasteiger partial charge in [0.25, 0.3) is 5.91 Å². The van der Waals surface area contributed by atoms with Crippen molar-refractivity contribution in [2.75, 3.05) is 7.05 Å². The maximum absolute atomic E-state index is 12.0. The van der Waals surface area contributed by atoms with E-state index in [1.807, 2.05) is 30.3 Å². The largest absolute Gasteiger partial charge is 0.487 e. The lowest BCUT2D eigenvalue weighted by Gasteiger charge is -2.09. The Bertz CT molecular complexity index is 868. The Morgan fingerprint density at radius 1 is 1.28 bits per heavy atom. The fraction of sp³-hybridized carbons (Fsp3) is 0.111. The number of halogens is 2. The maximum Gasteiger partial charge on any atom is 0.276 e. The van der Waals surface area contributed by atoms with Gasteiger partial charge in [-0.3, -0.25) is 9.69 Å². The number of nitrogens with zero attached hydrogens (tertiary/aromatic N) is 1. The summed E-state index contributed by atoms with van der Waals surface area (Å²) < 4.78 is 6.78. The highest BCUT2D eigenvalue weighted by molar-refractivity contribution is 9.10. The zero-order valence-electron chi connectivity index (χ0n) is 13.3. The van der Waals surface area contributed by atoms with Crippen molar-refractivity contribution in [2.24, 2.45) is 0 Å². The van der Waals surface area contributed by atoms with E-state index in [2.05, 4.69) is 21.2 Å². The third-order valence-corrected chi connectivity index (χ3v) is 4.86. The summed E-state index contributed by atoms with van der Waals surface area (Å²) in [4.78, 5) is 13.4. The Kier molecular flexibility index (Phi) is 5.42. The minimum Gasteiger partial charge on any atom is -0.487 e. The van der Waals surface area contributed by atoms with Crippen molar-refractivity contribution >= 4 is 56.8 Å². The van der Waals surface area contributed by atoms with Gasteiger partial charge in [-0.1, -0.05) is 45.7 Å². The van der Waals surface area contributed by atoms with Crippen molar-refractivity contribution in [2.45, 2.75) is 6.61 Å². The highest BCUT2D eigenvalue weighted by Crippen LogP contribution is 2.27. The summed E-state index contributed by atoms with van der Waals surface area (Å²) in [6, 6.07) is 13.3. The van der Waals surface area contributed by atoms with Crippen molar-refractivity contribution in [1.29, 1.82) is 0 Å². The molecule has 0 saturated carbocycles. The maximum atomic E-state index is 12.0. The number of benzene rings is 2. The third kappa shape index (κ3) is 4.21. The fourth-order valence-corrected chi connectivity index (χ4v) is 2.96. The van der Waals surface area contributed by atoms with Crippen LogP contribution in [0, 0.1) is 0 Å². The molecule has 0 aromatic heterocycles. The van der Waals surface area contributed by atoms with Crippen LogP contribution in [-0.4, -0.2) is 23.0 Å². The van der Waals surface area contributed by atoms with Crippen LogP contribution >= 0.6 is 39.7 Å². The second-order valence-corrected chi connectivity index (χ2v) is 7.17. The summed E-state index contributed by atoms with van der Waals surface area (Å²) in [6.07, 6.45) is 1.71. The molecule has 1 N–H and O–H groups in total. The number of hydrogen-bond donors (Lipinski definition) is 1. The van der Waals surface area contributed by atoms with Crippen LogP contribution in [0.2, 0.25) is 5.02 Å². The van der Waals surface area contributed by atoms with Gasteiger partial charge in [0, 0.05) is 11.5 Å². The predicted molar refractivity (Wildman–Crippen MR) is 106 cm³/mol. The number of ether oxygens (including phenoxy) is 1. The SMILES string of the molecule is CN1C(=O)C(=Cc2ccc(OCc3ccc(Br)cc3)c(Cl)c2)NC1=S. The zero-order valence-corrected chi connectivity index (χ0v) is 16.4. The highest BCUT2D eigenvalue weighted by atomic mass is 79.9. The molecule has 0 aliphatic carbocycles. The molecule has 128 valence electrons. The molecule has 3 rings (SSSR count). The average Bonchev–Trinajstić information content (AvgIpc) is 2.83. The molecule has 2 aromatic carbocycles. The normalized spacial score (nSPS) is 15.6. The summed E-state index contributed by atoms with van der Waals surface area (Å²) in [5.74, 6) is 0.418. The summed E-state index contributed by atoms with van der Waals surface area (Å²) in [5.41, 5.74) is 2.25. The van der Waals surface area contributed by atoms with Gasteiger partial charge in [0.1, 0.15) is 18.1 Å². The first-order valence-electron chi connectivity index (χ1n) is 7.41. The van der Waals surface area contributed by atoms with E-state index in [-0.39, 0.29) is 5.91 Å². The number of likely N-dealkylation sites (N-methyl/N-ethyl adjacent to an activating group) is 1. The molecular weight excluding hydrogens is 424 g/mol. The Balaban J connectivity index is 1.72. The van der Waals surface area contributed by atoms with Crippen molar-refractivity contribution in [3.05, 3.63) is 68.8 Å². The number of amides is 1. The van der Waals surface area contributed by atoms with Crippen LogP contribution in [0.25, 0.3) is 6.08 Å². The van der Waals surface area contributed by atoms with Crippen LogP contribution in [0.1, 0.15) is 11.1 Å². The standard InChI is InChI=1S/C18H14BrClN2O2S/c1-22-17(23)15(21-18(22)25)9-12-4-7-16(14(20)8-12)24-10-11-2-5-13(19)6-3-11/h2-9H,10H2,1H3,(H,21,25). The molecule has 7 heteroatoms. The topological polar surface area (TPSA) is 41.6 Å². The third-order valence-electron chi connectivity index (χ3n) is 3.66. The molecule has 1 aliphatic heterocycles. The van der Waals surface area contributed by atoms with E-state index in [0.717, 1.165) is 15.6 Å². The van der Waals surface area contributed by atoms with Gasteiger partial charge in [-0.15, -0.1) is 0 Å². The predicted octanol–water partition coefficient (Wildman–Crippen LogP) is 4.37. The first kappa shape index (κ1) is 17.9. The number of thiocarbonyl (C=S) groups is 1. The molecule has 0 radical (unpaired) electrons. The van der Waals surface area contributed by atoms with Gasteiger partial charge in [0.15, 0.2) is 5.11 Å². The molecule has 4 nitrogen and oxygen atoms in total. The smallest absolute Gasteiger partial charge is 0.276 e. The monoisotopic (exact) mass is 436 g/mol. The number of carbonyl (C=O) groups excluding carboxylic acids is 1. The second kappa shape index (κ2) is 7.56. The van der Waals surface area contributed by atoms with E-state index in [4.69, 9.17) is 28.6 Å². The molecule has 1 fully saturated rings. The van der Waals surface area contributed by atoms with Gasteiger partial charge < -0.3 is 10.1 Å². The lowest BCUT2D eigenvalue weighted by Crippen LogP contribution is -2.25. The summed E-state index contributed by atoms with van der Waals surface area (Å²) in [7, 11) is 1.63. The van der Waals surface area contributed by atoms with Gasteiger partial charge in [-0.05, 0) is 53.7 Å². The van der Waals surface area contributed by atoms with Gasteiger partial charge in [0.2, 0.25) is 0 Å². The molecule has 0 bridgehead atoms. The molecule has 0 unspecified atom stereocenters. The number of carbonyl (C=O) groups is 1. The molecule has 1 amide bonds. The number of nitrogens with one attached hydrogen (secondary N) is 1. The minimum atomic E-state index is -0.170. The average molecular weight is 438 g/mol. The van der Waals surface area contributed by atoms with Crippen molar-refractivity contribution < 1.29 is 9.53 Å². The molecule has 0 spiro atoms. The van der Waals surface area contributed by atoms with Crippen molar-refractivity contribution in [3.8, 4) is 5.75 Å². The Morgan fingerprint density at radius 3 is 2.60 bits per heavy atom. The molecule has 2 aromatic rings. The number of hydrogen-bond acceptors (Lipinski definition) is 3. The van der Waals surface area contributed by atoms with E-state index < -0.39 is 0 Å². The van der Waals surface area contributed by atoms with E-state index in [1.54, 1.807) is 25.3 Å². The van der Waals surface area contributed by atoms with Crippen LogP contribution in [0.3, 0.4) is 0 Å². The zero-order chi connectivity index (χ0) is 18.0. The Hall–Kier alpha value is -1.89. The summed E-state index contributed by atoms with van der Waals surface area (Å²) >= 11 is 14.7. The van der Waals surface area contributed by atoms with Crippen LogP contribution in [0.4, 0.5) is 0 Å². The van der Waals surface area contributed by atoms with Crippen LogP contribution < -0.4 is 10.1 Å². The first-order chi connectivity index (χ1) is 11.9. The van der Waals surface area contributed by atoms with E-state index >= 15 is 0 Å². The lowest BCUT2D eigenvalue weighted by atomic mass is 10.2. The van der Waals surface area contributed by atoms with Gasteiger partial charge in [-0.2, -0.15) is 0 Å². The van der Waals surface area contributed by atoms with Crippen LogP contribution in [-0.2, 0) is 11.4 Å². The van der Waals surface area contributed by atoms with Crippen molar-refractivity contribution in [3.63, 3.8) is 0 Å². The molecule has 1 heterocycles. The van der Waals surface area contributed by atoms with Crippen molar-refractivity contribution in [1.82, 2.24) is 10.2 Å². The number of rotatable bonds is 4. The molecular formula is C18H14BrClN2O2S. The molecule has 25 heavy (non-hydrogen) atoms. The highest BCUT2D eigenvalue weighted by Gasteiger charge is 2.26. The van der Waals surface area contributed by atoms with E-state index in [1.165, 1.54) is 4.90 Å². The lowest BCUT2D eigenvalue weighted by molar-refractivity contribution is -0.121. The van der Waals surface area contributed by atoms with E-state index in [0.29, 0.717) is 28.2 Å². The van der Waals surface area contributed by atoms with Gasteiger partial charge in [0.05, 0.1) is 5.02 Å². The summed E-state index contributed by atoms with van der Waals surface area (Å²) in [6.45, 7) is 0.423. The summed E-state index contributed by atoms with van der Waals surface area (Å²) in [5, 5.41) is 3.74. The molecule has 1 aliphatic rings. The minimum absolute atomic E-state index is 0.170. The molecule has 1 saturated heterocycles. The fourth-order valence-electron chi connectivity index (χ4n) is 2.26.